The van der Waals surface area contributed by atoms with Gasteiger partial charge in [0.25, 0.3) is 5.91 Å². The second-order valence-corrected chi connectivity index (χ2v) is 7.32. The predicted octanol–water partition coefficient (Wildman–Crippen LogP) is 3.77. The number of aromatic amines is 1. The van der Waals surface area contributed by atoms with Crippen LogP contribution in [0.5, 0.6) is 5.75 Å². The summed E-state index contributed by atoms with van der Waals surface area (Å²) in [7, 11) is 1.66. The van der Waals surface area contributed by atoms with Crippen LogP contribution in [0.4, 0.5) is 0 Å². The van der Waals surface area contributed by atoms with Crippen LogP contribution in [0.3, 0.4) is 0 Å². The summed E-state index contributed by atoms with van der Waals surface area (Å²) in [6, 6.07) is 17.3. The summed E-state index contributed by atoms with van der Waals surface area (Å²) in [6.45, 7) is 2.43. The van der Waals surface area contributed by atoms with Crippen LogP contribution in [0.15, 0.2) is 60.8 Å². The molecule has 1 amide bonds. The monoisotopic (exact) mass is 414 g/mol. The van der Waals surface area contributed by atoms with Gasteiger partial charge in [0.05, 0.1) is 20.3 Å². The molecular weight excluding hydrogens is 392 g/mol. The standard InChI is InChI=1S/C24H22N4O3/c1-30-20-5-3-2-4-18(20)19-10-11-25-23-21(19)26-22(27-23)16-6-8-17(9-7-16)24(29)28-12-14-31-15-13-28/h2-11H,12-15H2,1H3,(H,25,26,27). The third-order valence-electron chi connectivity index (χ3n) is 5.49. The Hall–Kier alpha value is -3.71. The molecule has 2 aromatic carbocycles. The molecule has 7 heteroatoms. The second kappa shape index (κ2) is 8.20. The Labute approximate surface area is 179 Å². The van der Waals surface area contributed by atoms with E-state index in [1.807, 2.05) is 59.5 Å². The molecule has 1 aliphatic heterocycles. The summed E-state index contributed by atoms with van der Waals surface area (Å²) in [6.07, 6.45) is 1.76. The number of hydrogen-bond acceptors (Lipinski definition) is 5. The highest BCUT2D eigenvalue weighted by Gasteiger charge is 2.19. The lowest BCUT2D eigenvalue weighted by atomic mass is 10.1. The van der Waals surface area contributed by atoms with E-state index in [9.17, 15) is 4.79 Å². The van der Waals surface area contributed by atoms with E-state index < -0.39 is 0 Å². The van der Waals surface area contributed by atoms with E-state index in [4.69, 9.17) is 14.5 Å². The van der Waals surface area contributed by atoms with E-state index in [1.165, 1.54) is 0 Å². The maximum atomic E-state index is 12.7. The number of nitrogens with one attached hydrogen (secondary N) is 1. The van der Waals surface area contributed by atoms with Crippen molar-refractivity contribution in [3.8, 4) is 28.3 Å². The van der Waals surface area contributed by atoms with Crippen molar-refractivity contribution in [1.82, 2.24) is 19.9 Å². The highest BCUT2D eigenvalue weighted by Crippen LogP contribution is 2.34. The number of rotatable bonds is 4. The van der Waals surface area contributed by atoms with Gasteiger partial charge in [0.2, 0.25) is 0 Å². The molecule has 2 aromatic heterocycles. The zero-order chi connectivity index (χ0) is 21.2. The van der Waals surface area contributed by atoms with Gasteiger partial charge >= 0.3 is 0 Å². The number of amides is 1. The van der Waals surface area contributed by atoms with Gasteiger partial charge in [0, 0.05) is 41.5 Å². The van der Waals surface area contributed by atoms with Gasteiger partial charge < -0.3 is 19.4 Å². The highest BCUT2D eigenvalue weighted by molar-refractivity contribution is 5.95. The Morgan fingerprint density at radius 3 is 2.58 bits per heavy atom. The van der Waals surface area contributed by atoms with Crippen molar-refractivity contribution in [3.63, 3.8) is 0 Å². The lowest BCUT2D eigenvalue weighted by molar-refractivity contribution is 0.0303. The number of methoxy groups -OCH3 is 1. The van der Waals surface area contributed by atoms with Gasteiger partial charge in [-0.1, -0.05) is 30.3 Å². The minimum Gasteiger partial charge on any atom is -0.496 e. The minimum absolute atomic E-state index is 0.0274. The van der Waals surface area contributed by atoms with Crippen molar-refractivity contribution in [2.45, 2.75) is 0 Å². The van der Waals surface area contributed by atoms with Crippen LogP contribution in [-0.4, -0.2) is 59.2 Å². The molecule has 0 spiro atoms. The molecule has 1 saturated heterocycles. The Kier molecular flexibility index (Phi) is 5.09. The van der Waals surface area contributed by atoms with E-state index >= 15 is 0 Å². The molecule has 0 unspecified atom stereocenters. The number of pyridine rings is 1. The fraction of sp³-hybridized carbons (Fsp3) is 0.208. The van der Waals surface area contributed by atoms with Gasteiger partial charge in [-0.15, -0.1) is 0 Å². The van der Waals surface area contributed by atoms with Crippen molar-refractivity contribution in [1.29, 1.82) is 0 Å². The lowest BCUT2D eigenvalue weighted by Gasteiger charge is -2.26. The number of aromatic nitrogens is 3. The Bertz CT molecular complexity index is 1230. The molecule has 0 radical (unpaired) electrons. The number of H-pyrrole nitrogens is 1. The number of ether oxygens (including phenoxy) is 2. The number of hydrogen-bond donors (Lipinski definition) is 1. The maximum absolute atomic E-state index is 12.7. The van der Waals surface area contributed by atoms with Gasteiger partial charge in [-0.3, -0.25) is 4.79 Å². The van der Waals surface area contributed by atoms with Crippen LogP contribution in [0, 0.1) is 0 Å². The number of fused-ring (bicyclic) bond motifs is 1. The first-order valence-corrected chi connectivity index (χ1v) is 10.2. The average Bonchev–Trinajstić information content (AvgIpc) is 3.29. The Morgan fingerprint density at radius 2 is 1.81 bits per heavy atom. The summed E-state index contributed by atoms with van der Waals surface area (Å²) < 4.78 is 10.9. The van der Waals surface area contributed by atoms with Gasteiger partial charge in [0.15, 0.2) is 5.65 Å². The van der Waals surface area contributed by atoms with Crippen molar-refractivity contribution < 1.29 is 14.3 Å². The first-order chi connectivity index (χ1) is 15.2. The zero-order valence-corrected chi connectivity index (χ0v) is 17.2. The van der Waals surface area contributed by atoms with Gasteiger partial charge in [-0.25, -0.2) is 9.97 Å². The molecule has 3 heterocycles. The molecule has 1 fully saturated rings. The first-order valence-electron chi connectivity index (χ1n) is 10.2. The molecule has 4 aromatic rings. The summed E-state index contributed by atoms with van der Waals surface area (Å²) in [5, 5.41) is 0. The molecule has 7 nitrogen and oxygen atoms in total. The highest BCUT2D eigenvalue weighted by atomic mass is 16.5. The molecule has 0 saturated carbocycles. The first kappa shape index (κ1) is 19.3. The quantitative estimate of drug-likeness (QED) is 0.550. The van der Waals surface area contributed by atoms with Crippen LogP contribution in [0.1, 0.15) is 10.4 Å². The smallest absolute Gasteiger partial charge is 0.254 e. The fourth-order valence-corrected chi connectivity index (χ4v) is 3.85. The fourth-order valence-electron chi connectivity index (χ4n) is 3.85. The molecule has 0 bridgehead atoms. The SMILES string of the molecule is COc1ccccc1-c1ccnc2[nH]c(-c3ccc(C(=O)N4CCOCC4)cc3)nc12. The zero-order valence-electron chi connectivity index (χ0n) is 17.2. The van der Waals surface area contributed by atoms with Gasteiger partial charge in [-0.05, 0) is 24.3 Å². The van der Waals surface area contributed by atoms with E-state index in [0.29, 0.717) is 43.3 Å². The Balaban J connectivity index is 1.48. The van der Waals surface area contributed by atoms with E-state index in [-0.39, 0.29) is 5.91 Å². The van der Waals surface area contributed by atoms with Crippen molar-refractivity contribution in [2.24, 2.45) is 0 Å². The summed E-state index contributed by atoms with van der Waals surface area (Å²) >= 11 is 0. The van der Waals surface area contributed by atoms with Gasteiger partial charge in [-0.2, -0.15) is 0 Å². The summed E-state index contributed by atoms with van der Waals surface area (Å²) in [4.78, 5) is 27.1. The average molecular weight is 414 g/mol. The predicted molar refractivity (Wildman–Crippen MR) is 118 cm³/mol. The van der Waals surface area contributed by atoms with Crippen LogP contribution >= 0.6 is 0 Å². The van der Waals surface area contributed by atoms with Crippen molar-refractivity contribution in [3.05, 3.63) is 66.4 Å². The normalized spacial score (nSPS) is 14.0. The van der Waals surface area contributed by atoms with Crippen LogP contribution in [0.2, 0.25) is 0 Å². The topological polar surface area (TPSA) is 80.3 Å². The lowest BCUT2D eigenvalue weighted by Crippen LogP contribution is -2.40. The number of benzene rings is 2. The molecule has 1 aliphatic rings. The van der Waals surface area contributed by atoms with Crippen molar-refractivity contribution >= 4 is 17.1 Å². The minimum atomic E-state index is 0.0274. The molecule has 5 rings (SSSR count). The van der Waals surface area contributed by atoms with Crippen LogP contribution in [-0.2, 0) is 4.74 Å². The number of para-hydroxylation sites is 1. The summed E-state index contributed by atoms with van der Waals surface area (Å²) in [5.74, 6) is 1.51. The van der Waals surface area contributed by atoms with Gasteiger partial charge in [0.1, 0.15) is 17.1 Å². The number of imidazole rings is 1. The van der Waals surface area contributed by atoms with E-state index in [0.717, 1.165) is 28.0 Å². The molecule has 156 valence electrons. The summed E-state index contributed by atoms with van der Waals surface area (Å²) in [5.41, 5.74) is 4.94. The third-order valence-corrected chi connectivity index (χ3v) is 5.49. The number of nitrogens with zero attached hydrogens (tertiary/aromatic N) is 3. The third kappa shape index (κ3) is 3.64. The molecule has 31 heavy (non-hydrogen) atoms. The maximum Gasteiger partial charge on any atom is 0.254 e. The largest absolute Gasteiger partial charge is 0.496 e. The number of morpholine rings is 1. The second-order valence-electron chi connectivity index (χ2n) is 7.32. The van der Waals surface area contributed by atoms with Crippen molar-refractivity contribution in [2.75, 3.05) is 33.4 Å². The van der Waals surface area contributed by atoms with E-state index in [1.54, 1.807) is 13.3 Å². The molecular formula is C24H22N4O3. The molecule has 1 N–H and O–H groups in total. The number of carbonyl (C=O) groups is 1. The molecule has 0 aliphatic carbocycles. The number of carbonyl (C=O) groups excluding carboxylic acids is 1. The van der Waals surface area contributed by atoms with E-state index in [2.05, 4.69) is 9.97 Å². The Morgan fingerprint density at radius 1 is 1.03 bits per heavy atom. The molecule has 0 atom stereocenters. The van der Waals surface area contributed by atoms with Crippen LogP contribution < -0.4 is 4.74 Å². The van der Waals surface area contributed by atoms with Crippen LogP contribution in [0.25, 0.3) is 33.7 Å².